The van der Waals surface area contributed by atoms with E-state index in [1.807, 2.05) is 18.2 Å². The smallest absolute Gasteiger partial charge is 0.323 e. The molecule has 0 saturated carbocycles. The molecule has 1 aliphatic heterocycles. The summed E-state index contributed by atoms with van der Waals surface area (Å²) in [5.41, 5.74) is 2.86. The molecule has 0 bridgehead atoms. The maximum absolute atomic E-state index is 12.8. The van der Waals surface area contributed by atoms with E-state index < -0.39 is 5.97 Å². The van der Waals surface area contributed by atoms with Crippen molar-refractivity contribution >= 4 is 35.0 Å². The topological polar surface area (TPSA) is 129 Å². The number of carbonyl (C=O) groups excluding carboxylic acids is 2. The average molecular weight is 539 g/mol. The summed E-state index contributed by atoms with van der Waals surface area (Å²) in [4.78, 5) is 41.1. The molecule has 0 radical (unpaired) electrons. The van der Waals surface area contributed by atoms with E-state index in [1.54, 1.807) is 36.4 Å². The third-order valence-electron chi connectivity index (χ3n) is 5.49. The predicted molar refractivity (Wildman–Crippen MR) is 155 cm³/mol. The van der Waals surface area contributed by atoms with E-state index in [-0.39, 0.29) is 36.9 Å². The molecular weight excluding hydrogens is 496 g/mol. The summed E-state index contributed by atoms with van der Waals surface area (Å²) >= 11 is 0. The molecule has 0 aromatic heterocycles. The lowest BCUT2D eigenvalue weighted by Crippen LogP contribution is -2.42. The maximum atomic E-state index is 12.8. The lowest BCUT2D eigenvalue weighted by atomic mass is 9.95. The molecule has 3 rings (SSSR count). The first-order valence-corrected chi connectivity index (χ1v) is 13.5. The summed E-state index contributed by atoms with van der Waals surface area (Å²) in [5, 5.41) is 21.6. The van der Waals surface area contributed by atoms with E-state index >= 15 is 0 Å². The number of nitrogens with zero attached hydrogens (tertiary/aromatic N) is 1. The minimum Gasteiger partial charge on any atom is -0.481 e. The Hall–Kier alpha value is -3.88. The lowest BCUT2D eigenvalue weighted by molar-refractivity contribution is -0.137. The van der Waals surface area contributed by atoms with Crippen molar-refractivity contribution < 1.29 is 24.3 Å². The Labute approximate surface area is 231 Å². The molecule has 9 heteroatoms. The highest BCUT2D eigenvalue weighted by atomic mass is 16.6. The first-order chi connectivity index (χ1) is 18.5. The fraction of sp³-hybridized carbons (Fsp3) is 0.467. The number of oxime groups is 1. The number of amides is 3. The van der Waals surface area contributed by atoms with Crippen LogP contribution in [0, 0.1) is 11.8 Å². The van der Waals surface area contributed by atoms with Gasteiger partial charge < -0.3 is 25.9 Å². The summed E-state index contributed by atoms with van der Waals surface area (Å²) < 4.78 is 0. The molecule has 2 unspecified atom stereocenters. The SMILES string of the molecule is CC(C)C.CC(C)CC(NC(=O)Cc1ccc(NC(=O)Nc2ccccc2)cc1)C1=NOC(CCC(=O)O)C1. The molecule has 0 spiro atoms. The van der Waals surface area contributed by atoms with Crippen molar-refractivity contribution in [2.75, 3.05) is 10.6 Å². The van der Waals surface area contributed by atoms with E-state index in [9.17, 15) is 14.4 Å². The number of aliphatic carboxylic acids is 1. The quantitative estimate of drug-likeness (QED) is 0.276. The molecule has 9 nitrogen and oxygen atoms in total. The van der Waals surface area contributed by atoms with Crippen molar-refractivity contribution in [3.05, 3.63) is 60.2 Å². The van der Waals surface area contributed by atoms with Gasteiger partial charge >= 0.3 is 12.0 Å². The molecule has 0 fully saturated rings. The van der Waals surface area contributed by atoms with Crippen LogP contribution in [0.5, 0.6) is 0 Å². The Balaban J connectivity index is 0.00000124. The van der Waals surface area contributed by atoms with Gasteiger partial charge in [-0.25, -0.2) is 4.79 Å². The Morgan fingerprint density at radius 2 is 1.54 bits per heavy atom. The lowest BCUT2D eigenvalue weighted by Gasteiger charge is -2.20. The summed E-state index contributed by atoms with van der Waals surface area (Å²) in [6.07, 6.45) is 1.53. The van der Waals surface area contributed by atoms with E-state index in [4.69, 9.17) is 9.94 Å². The van der Waals surface area contributed by atoms with Crippen LogP contribution < -0.4 is 16.0 Å². The molecule has 4 N–H and O–H groups in total. The van der Waals surface area contributed by atoms with Gasteiger partial charge in [-0.05, 0) is 54.5 Å². The van der Waals surface area contributed by atoms with Gasteiger partial charge in [-0.15, -0.1) is 0 Å². The maximum Gasteiger partial charge on any atom is 0.323 e. The van der Waals surface area contributed by atoms with Crippen LogP contribution in [0.1, 0.15) is 65.9 Å². The summed E-state index contributed by atoms with van der Waals surface area (Å²) in [7, 11) is 0. The van der Waals surface area contributed by atoms with Crippen molar-refractivity contribution in [3.63, 3.8) is 0 Å². The Bertz CT molecular complexity index is 1080. The van der Waals surface area contributed by atoms with Crippen LogP contribution in [-0.4, -0.2) is 40.9 Å². The summed E-state index contributed by atoms with van der Waals surface area (Å²) in [6, 6.07) is 15.6. The normalized spacial score (nSPS) is 14.9. The molecule has 2 aromatic carbocycles. The molecule has 39 heavy (non-hydrogen) atoms. The molecule has 1 aliphatic rings. The van der Waals surface area contributed by atoms with Crippen molar-refractivity contribution in [2.24, 2.45) is 17.0 Å². The number of carboxylic acids is 1. The third kappa shape index (κ3) is 13.0. The molecule has 1 heterocycles. The van der Waals surface area contributed by atoms with Gasteiger partial charge in [0.25, 0.3) is 0 Å². The van der Waals surface area contributed by atoms with Crippen molar-refractivity contribution in [1.82, 2.24) is 5.32 Å². The van der Waals surface area contributed by atoms with Gasteiger partial charge in [0.15, 0.2) is 0 Å². The van der Waals surface area contributed by atoms with E-state index in [0.717, 1.165) is 17.2 Å². The number of carboxylic acid groups (broad SMARTS) is 1. The number of hydrogen-bond acceptors (Lipinski definition) is 5. The fourth-order valence-electron chi connectivity index (χ4n) is 3.80. The number of anilines is 2. The number of nitrogens with one attached hydrogen (secondary N) is 3. The van der Waals surface area contributed by atoms with Gasteiger partial charge in [0, 0.05) is 24.2 Å². The molecular formula is C30H42N4O5. The van der Waals surface area contributed by atoms with Gasteiger partial charge in [-0.2, -0.15) is 0 Å². The number of carbonyl (C=O) groups is 3. The molecule has 212 valence electrons. The minimum absolute atomic E-state index is 0.0213. The zero-order valence-electron chi connectivity index (χ0n) is 23.6. The number of urea groups is 1. The van der Waals surface area contributed by atoms with Gasteiger partial charge in [0.05, 0.1) is 18.2 Å². The van der Waals surface area contributed by atoms with E-state index in [1.165, 1.54) is 0 Å². The monoisotopic (exact) mass is 538 g/mol. The molecule has 3 amide bonds. The van der Waals surface area contributed by atoms with Crippen LogP contribution in [0.4, 0.5) is 16.2 Å². The summed E-state index contributed by atoms with van der Waals surface area (Å²) in [6.45, 7) is 10.6. The van der Waals surface area contributed by atoms with Crippen LogP contribution >= 0.6 is 0 Å². The first kappa shape index (κ1) is 31.3. The van der Waals surface area contributed by atoms with E-state index in [0.29, 0.717) is 36.6 Å². The molecule has 2 aromatic rings. The molecule has 0 aliphatic carbocycles. The molecule has 0 saturated heterocycles. The average Bonchev–Trinajstić information content (AvgIpc) is 3.33. The van der Waals surface area contributed by atoms with Gasteiger partial charge in [0.2, 0.25) is 5.91 Å². The number of para-hydroxylation sites is 1. The zero-order chi connectivity index (χ0) is 28.8. The Morgan fingerprint density at radius 3 is 2.10 bits per heavy atom. The van der Waals surface area contributed by atoms with Crippen LogP contribution in [-0.2, 0) is 20.8 Å². The standard InChI is InChI=1S/C26H32N4O5.C4H10/c1-17(2)14-22(23-16-21(35-30-23)12-13-25(32)33)29-24(31)15-18-8-10-20(11-9-18)28-26(34)27-19-6-4-3-5-7-19;1-4(2)3/h3-11,17,21-22H,12-16H2,1-2H3,(H,29,31)(H,32,33)(H2,27,28,34);4H,1-3H3. The second kappa shape index (κ2) is 16.2. The number of hydrogen-bond donors (Lipinski definition) is 4. The largest absolute Gasteiger partial charge is 0.481 e. The first-order valence-electron chi connectivity index (χ1n) is 13.5. The second-order valence-corrected chi connectivity index (χ2v) is 10.7. The van der Waals surface area contributed by atoms with Crippen LogP contribution in [0.15, 0.2) is 59.8 Å². The van der Waals surface area contributed by atoms with Crippen LogP contribution in [0.2, 0.25) is 0 Å². The predicted octanol–water partition coefficient (Wildman–Crippen LogP) is 6.08. The van der Waals surface area contributed by atoms with Crippen LogP contribution in [0.3, 0.4) is 0 Å². The zero-order valence-corrected chi connectivity index (χ0v) is 23.6. The second-order valence-electron chi connectivity index (χ2n) is 10.7. The van der Waals surface area contributed by atoms with Crippen molar-refractivity contribution in [1.29, 1.82) is 0 Å². The van der Waals surface area contributed by atoms with Crippen molar-refractivity contribution in [3.8, 4) is 0 Å². The highest BCUT2D eigenvalue weighted by Crippen LogP contribution is 2.21. The van der Waals surface area contributed by atoms with Gasteiger partial charge in [0.1, 0.15) is 6.10 Å². The number of rotatable bonds is 11. The fourth-order valence-corrected chi connectivity index (χ4v) is 3.80. The minimum atomic E-state index is -0.868. The van der Waals surface area contributed by atoms with E-state index in [2.05, 4.69) is 55.7 Å². The van der Waals surface area contributed by atoms with Crippen molar-refractivity contribution in [2.45, 2.75) is 78.9 Å². The Kier molecular flexibility index (Phi) is 13.0. The highest BCUT2D eigenvalue weighted by Gasteiger charge is 2.29. The summed E-state index contributed by atoms with van der Waals surface area (Å²) in [5.74, 6) is 0.149. The van der Waals surface area contributed by atoms with Gasteiger partial charge in [-0.3, -0.25) is 9.59 Å². The number of benzene rings is 2. The third-order valence-corrected chi connectivity index (χ3v) is 5.49. The Morgan fingerprint density at radius 1 is 0.949 bits per heavy atom. The van der Waals surface area contributed by atoms with Crippen LogP contribution in [0.25, 0.3) is 0 Å². The van der Waals surface area contributed by atoms with Gasteiger partial charge in [-0.1, -0.05) is 70.1 Å². The highest BCUT2D eigenvalue weighted by molar-refractivity contribution is 5.99. The molecule has 2 atom stereocenters.